The molecule has 1 aromatic rings. The fourth-order valence-electron chi connectivity index (χ4n) is 2.27. The van der Waals surface area contributed by atoms with Crippen LogP contribution in [0.2, 0.25) is 0 Å². The van der Waals surface area contributed by atoms with E-state index in [0.29, 0.717) is 5.92 Å². The molecule has 112 valence electrons. The van der Waals surface area contributed by atoms with Crippen molar-refractivity contribution in [2.24, 2.45) is 5.92 Å². The van der Waals surface area contributed by atoms with Gasteiger partial charge in [0, 0.05) is 18.8 Å². The molecule has 0 aliphatic heterocycles. The highest BCUT2D eigenvalue weighted by Crippen LogP contribution is 2.28. The number of nitrogens with two attached hydrogens (primary N) is 1. The third kappa shape index (κ3) is 5.51. The van der Waals surface area contributed by atoms with Gasteiger partial charge in [0.15, 0.2) is 0 Å². The molecule has 0 spiro atoms. The summed E-state index contributed by atoms with van der Waals surface area (Å²) in [6, 6.07) is 8.25. The van der Waals surface area contributed by atoms with Gasteiger partial charge in [0.1, 0.15) is 0 Å². The van der Waals surface area contributed by atoms with E-state index in [-0.39, 0.29) is 0 Å². The Morgan fingerprint density at radius 3 is 2.60 bits per heavy atom. The second-order valence-electron chi connectivity index (χ2n) is 6.18. The Kier molecular flexibility index (Phi) is 5.86. The van der Waals surface area contributed by atoms with Gasteiger partial charge in [0.2, 0.25) is 0 Å². The van der Waals surface area contributed by atoms with Crippen LogP contribution >= 0.6 is 0 Å². The molecule has 1 aliphatic rings. The quantitative estimate of drug-likeness (QED) is 0.556. The van der Waals surface area contributed by atoms with Crippen LogP contribution in [0, 0.1) is 5.92 Å². The summed E-state index contributed by atoms with van der Waals surface area (Å²) in [7, 11) is 2.18. The lowest BCUT2D eigenvalue weighted by atomic mass is 9.97. The lowest BCUT2D eigenvalue weighted by molar-refractivity contribution is 0.103. The Morgan fingerprint density at radius 1 is 1.25 bits per heavy atom. The summed E-state index contributed by atoms with van der Waals surface area (Å²) in [5, 5.41) is 0. The first kappa shape index (κ1) is 15.3. The van der Waals surface area contributed by atoms with E-state index < -0.39 is 0 Å². The molecule has 1 fully saturated rings. The maximum absolute atomic E-state index is 5.72. The molecule has 1 aromatic carbocycles. The number of nitrogen functional groups attached to an aromatic ring is 1. The number of anilines is 1. The van der Waals surface area contributed by atoms with E-state index in [9.17, 15) is 0 Å². The van der Waals surface area contributed by atoms with Gasteiger partial charge in [0.05, 0.1) is 6.61 Å². The molecule has 3 heteroatoms. The second kappa shape index (κ2) is 7.65. The lowest BCUT2D eigenvalue weighted by Crippen LogP contribution is -2.25. The van der Waals surface area contributed by atoms with Crippen molar-refractivity contribution in [1.29, 1.82) is 0 Å². The third-order valence-electron chi connectivity index (χ3n) is 4.12. The minimum atomic E-state index is 0.574. The minimum Gasteiger partial charge on any atom is -0.399 e. The molecule has 1 aliphatic carbocycles. The van der Waals surface area contributed by atoms with E-state index in [4.69, 9.17) is 10.5 Å². The molecular formula is C17H28N2O. The van der Waals surface area contributed by atoms with Gasteiger partial charge >= 0.3 is 0 Å². The molecule has 0 heterocycles. The lowest BCUT2D eigenvalue weighted by Gasteiger charge is -2.19. The Bertz CT molecular complexity index is 386. The predicted molar refractivity (Wildman–Crippen MR) is 84.9 cm³/mol. The average Bonchev–Trinajstić information content (AvgIpc) is 3.26. The van der Waals surface area contributed by atoms with Crippen LogP contribution in [-0.2, 0) is 4.74 Å². The first-order valence-electron chi connectivity index (χ1n) is 7.77. The van der Waals surface area contributed by atoms with Crippen LogP contribution in [0.5, 0.6) is 0 Å². The second-order valence-corrected chi connectivity index (χ2v) is 6.18. The third-order valence-corrected chi connectivity index (χ3v) is 4.12. The number of nitrogens with zero attached hydrogens (tertiary/aromatic N) is 1. The number of ether oxygens (including phenoxy) is 1. The maximum Gasteiger partial charge on any atom is 0.0593 e. The van der Waals surface area contributed by atoms with Gasteiger partial charge in [-0.15, -0.1) is 0 Å². The Labute approximate surface area is 123 Å². The van der Waals surface area contributed by atoms with Crippen molar-refractivity contribution in [3.8, 4) is 0 Å². The molecule has 0 amide bonds. The summed E-state index contributed by atoms with van der Waals surface area (Å²) in [6.07, 6.45) is 3.91. The highest BCUT2D eigenvalue weighted by Gasteiger charge is 2.20. The summed E-state index contributed by atoms with van der Waals surface area (Å²) in [4.78, 5) is 2.36. The standard InChI is InChI=1S/C17H28N2O/c1-14(16-5-7-17(18)8-6-16)9-10-19(2)11-12-20-13-15-3-4-15/h5-8,14-15H,3-4,9-13,18H2,1-2H3. The number of hydrogen-bond acceptors (Lipinski definition) is 3. The van der Waals surface area contributed by atoms with Crippen molar-refractivity contribution < 1.29 is 4.74 Å². The average molecular weight is 276 g/mol. The SMILES string of the molecule is CC(CCN(C)CCOCC1CC1)c1ccc(N)cc1. The largest absolute Gasteiger partial charge is 0.399 e. The smallest absolute Gasteiger partial charge is 0.0593 e. The van der Waals surface area contributed by atoms with E-state index in [2.05, 4.69) is 31.0 Å². The van der Waals surface area contributed by atoms with Crippen molar-refractivity contribution >= 4 is 5.69 Å². The van der Waals surface area contributed by atoms with E-state index in [1.807, 2.05) is 12.1 Å². The zero-order valence-corrected chi connectivity index (χ0v) is 12.8. The highest BCUT2D eigenvalue weighted by molar-refractivity contribution is 5.40. The molecule has 1 atom stereocenters. The normalized spacial score (nSPS) is 16.6. The predicted octanol–water partition coefficient (Wildman–Crippen LogP) is 3.12. The van der Waals surface area contributed by atoms with Crippen molar-refractivity contribution in [1.82, 2.24) is 4.90 Å². The molecule has 2 rings (SSSR count). The topological polar surface area (TPSA) is 38.5 Å². The van der Waals surface area contributed by atoms with E-state index in [0.717, 1.165) is 37.9 Å². The summed E-state index contributed by atoms with van der Waals surface area (Å²) in [6.45, 7) is 6.25. The van der Waals surface area contributed by atoms with Crippen molar-refractivity contribution in [3.63, 3.8) is 0 Å². The molecule has 0 saturated heterocycles. The van der Waals surface area contributed by atoms with Crippen LogP contribution in [-0.4, -0.2) is 38.3 Å². The van der Waals surface area contributed by atoms with Gasteiger partial charge in [-0.1, -0.05) is 19.1 Å². The molecular weight excluding hydrogens is 248 g/mol. The Morgan fingerprint density at radius 2 is 1.95 bits per heavy atom. The van der Waals surface area contributed by atoms with Crippen molar-refractivity contribution in [3.05, 3.63) is 29.8 Å². The van der Waals surface area contributed by atoms with Gasteiger partial charge < -0.3 is 15.4 Å². The van der Waals surface area contributed by atoms with Crippen LogP contribution in [0.3, 0.4) is 0 Å². The summed E-state index contributed by atoms with van der Waals surface area (Å²) >= 11 is 0. The van der Waals surface area contributed by atoms with Crippen LogP contribution in [0.1, 0.15) is 37.7 Å². The summed E-state index contributed by atoms with van der Waals surface area (Å²) in [5.41, 5.74) is 7.93. The van der Waals surface area contributed by atoms with Crippen molar-refractivity contribution in [2.45, 2.75) is 32.1 Å². The molecule has 0 radical (unpaired) electrons. The Balaban J connectivity index is 1.59. The van der Waals surface area contributed by atoms with Gasteiger partial charge in [0.25, 0.3) is 0 Å². The highest BCUT2D eigenvalue weighted by atomic mass is 16.5. The molecule has 1 unspecified atom stereocenters. The Hall–Kier alpha value is -1.06. The number of benzene rings is 1. The minimum absolute atomic E-state index is 0.574. The van der Waals surface area contributed by atoms with Gasteiger partial charge in [-0.2, -0.15) is 0 Å². The van der Waals surface area contributed by atoms with Gasteiger partial charge in [-0.05, 0) is 62.4 Å². The maximum atomic E-state index is 5.72. The first-order valence-corrected chi connectivity index (χ1v) is 7.77. The van der Waals surface area contributed by atoms with Crippen LogP contribution in [0.25, 0.3) is 0 Å². The summed E-state index contributed by atoms with van der Waals surface area (Å²) < 4.78 is 5.68. The van der Waals surface area contributed by atoms with Gasteiger partial charge in [-0.3, -0.25) is 0 Å². The fraction of sp³-hybridized carbons (Fsp3) is 0.647. The molecule has 0 bridgehead atoms. The molecule has 0 aromatic heterocycles. The zero-order chi connectivity index (χ0) is 14.4. The number of rotatable bonds is 9. The monoisotopic (exact) mass is 276 g/mol. The van der Waals surface area contributed by atoms with Gasteiger partial charge in [-0.25, -0.2) is 0 Å². The van der Waals surface area contributed by atoms with Crippen LogP contribution < -0.4 is 5.73 Å². The molecule has 20 heavy (non-hydrogen) atoms. The number of hydrogen-bond donors (Lipinski definition) is 1. The number of likely N-dealkylation sites (N-methyl/N-ethyl adjacent to an activating group) is 1. The molecule has 2 N–H and O–H groups in total. The van der Waals surface area contributed by atoms with E-state index in [1.54, 1.807) is 0 Å². The van der Waals surface area contributed by atoms with E-state index in [1.165, 1.54) is 24.8 Å². The molecule has 3 nitrogen and oxygen atoms in total. The van der Waals surface area contributed by atoms with E-state index >= 15 is 0 Å². The molecule has 1 saturated carbocycles. The zero-order valence-electron chi connectivity index (χ0n) is 12.8. The first-order chi connectivity index (χ1) is 9.65. The fourth-order valence-corrected chi connectivity index (χ4v) is 2.27. The van der Waals surface area contributed by atoms with Crippen LogP contribution in [0.15, 0.2) is 24.3 Å². The van der Waals surface area contributed by atoms with Crippen LogP contribution in [0.4, 0.5) is 5.69 Å². The van der Waals surface area contributed by atoms with Crippen molar-refractivity contribution in [2.75, 3.05) is 39.1 Å². The summed E-state index contributed by atoms with van der Waals surface area (Å²) in [5.74, 6) is 1.44.